The molecule has 174 valence electrons. The van der Waals surface area contributed by atoms with Gasteiger partial charge in [0.05, 0.1) is 0 Å². The molecule has 1 aromatic rings. The molecule has 32 heavy (non-hydrogen) atoms. The van der Waals surface area contributed by atoms with Crippen molar-refractivity contribution in [2.75, 3.05) is 26.2 Å². The molecule has 0 amide bonds. The zero-order chi connectivity index (χ0) is 21.8. The minimum atomic E-state index is 0.273. The lowest BCUT2D eigenvalue weighted by molar-refractivity contribution is -0.0101. The summed E-state index contributed by atoms with van der Waals surface area (Å²) in [5.74, 6) is 3.55. The Morgan fingerprint density at radius 2 is 1.81 bits per heavy atom. The fourth-order valence-corrected chi connectivity index (χ4v) is 7.31. The van der Waals surface area contributed by atoms with Gasteiger partial charge in [0.25, 0.3) is 0 Å². The van der Waals surface area contributed by atoms with Gasteiger partial charge in [0.15, 0.2) is 5.11 Å². The van der Waals surface area contributed by atoms with Crippen LogP contribution in [0.2, 0.25) is 0 Å². The molecule has 5 aliphatic rings. The number of hydrogen-bond donors (Lipinski definition) is 2. The van der Waals surface area contributed by atoms with Crippen LogP contribution < -0.4 is 15.4 Å². The average molecular weight is 455 g/mol. The summed E-state index contributed by atoms with van der Waals surface area (Å²) in [7, 11) is 0. The van der Waals surface area contributed by atoms with Gasteiger partial charge in [-0.05, 0) is 107 Å². The molecule has 4 aliphatic carbocycles. The van der Waals surface area contributed by atoms with E-state index >= 15 is 0 Å². The van der Waals surface area contributed by atoms with Crippen molar-refractivity contribution >= 4 is 17.3 Å². The number of hydrogen-bond acceptors (Lipinski definition) is 4. The minimum absolute atomic E-state index is 0.273. The van der Waals surface area contributed by atoms with Crippen LogP contribution >= 0.6 is 12.2 Å². The number of pyridine rings is 1. The molecular formula is C26H38N4OS. The Kier molecular flexibility index (Phi) is 6.98. The molecule has 0 aromatic carbocycles. The summed E-state index contributed by atoms with van der Waals surface area (Å²) in [6.45, 7) is 4.54. The van der Waals surface area contributed by atoms with Gasteiger partial charge in [0.1, 0.15) is 6.61 Å². The van der Waals surface area contributed by atoms with Gasteiger partial charge in [-0.1, -0.05) is 18.6 Å². The lowest BCUT2D eigenvalue weighted by atomic mass is 9.53. The van der Waals surface area contributed by atoms with E-state index in [2.05, 4.69) is 38.7 Å². The monoisotopic (exact) mass is 454 g/mol. The summed E-state index contributed by atoms with van der Waals surface area (Å²) in [6.07, 6.45) is 18.2. The van der Waals surface area contributed by atoms with E-state index in [0.717, 1.165) is 41.8 Å². The average Bonchev–Trinajstić information content (AvgIpc) is 2.76. The third-order valence-electron chi connectivity index (χ3n) is 7.97. The van der Waals surface area contributed by atoms with Crippen LogP contribution in [0.25, 0.3) is 0 Å². The van der Waals surface area contributed by atoms with Crippen LogP contribution in [0.1, 0.15) is 63.4 Å². The van der Waals surface area contributed by atoms with Crippen LogP contribution in [0.4, 0.5) is 0 Å². The SMILES string of the molecule is S=C(NC/C=C\COc1ncccc1CN1CCCCC1)NC12CC3CC(CC(C3)C1)C2. The van der Waals surface area contributed by atoms with E-state index in [1.54, 1.807) is 0 Å². The Morgan fingerprint density at radius 1 is 1.09 bits per heavy atom. The zero-order valence-electron chi connectivity index (χ0n) is 19.2. The summed E-state index contributed by atoms with van der Waals surface area (Å²) < 4.78 is 5.98. The van der Waals surface area contributed by atoms with E-state index in [1.165, 1.54) is 76.4 Å². The highest BCUT2D eigenvalue weighted by Crippen LogP contribution is 2.55. The lowest BCUT2D eigenvalue weighted by Gasteiger charge is -2.57. The maximum atomic E-state index is 5.98. The van der Waals surface area contributed by atoms with Crippen molar-refractivity contribution in [1.29, 1.82) is 0 Å². The van der Waals surface area contributed by atoms with Crippen molar-refractivity contribution in [3.05, 3.63) is 36.0 Å². The van der Waals surface area contributed by atoms with E-state index in [9.17, 15) is 0 Å². The molecule has 5 fully saturated rings. The smallest absolute Gasteiger partial charge is 0.218 e. The number of thiocarbonyl (C=S) groups is 1. The zero-order valence-corrected chi connectivity index (χ0v) is 20.0. The number of ether oxygens (including phenoxy) is 1. The molecule has 0 unspecified atom stereocenters. The van der Waals surface area contributed by atoms with Gasteiger partial charge in [-0.3, -0.25) is 4.90 Å². The Bertz CT molecular complexity index is 785. The van der Waals surface area contributed by atoms with Crippen molar-refractivity contribution in [1.82, 2.24) is 20.5 Å². The molecule has 4 saturated carbocycles. The van der Waals surface area contributed by atoms with Crippen molar-refractivity contribution in [2.24, 2.45) is 17.8 Å². The van der Waals surface area contributed by atoms with Gasteiger partial charge in [-0.25, -0.2) is 4.98 Å². The van der Waals surface area contributed by atoms with Gasteiger partial charge in [0, 0.05) is 30.4 Å². The number of nitrogens with zero attached hydrogens (tertiary/aromatic N) is 2. The van der Waals surface area contributed by atoms with Crippen LogP contribution in [0.3, 0.4) is 0 Å². The first-order valence-corrected chi connectivity index (χ1v) is 13.1. The second kappa shape index (κ2) is 10.1. The number of aromatic nitrogens is 1. The normalized spacial score (nSPS) is 31.7. The third kappa shape index (κ3) is 5.45. The summed E-state index contributed by atoms with van der Waals surface area (Å²) in [6, 6.07) is 4.14. The fraction of sp³-hybridized carbons (Fsp3) is 0.692. The maximum absolute atomic E-state index is 5.98. The van der Waals surface area contributed by atoms with Gasteiger partial charge >= 0.3 is 0 Å². The highest BCUT2D eigenvalue weighted by Gasteiger charge is 2.51. The Balaban J connectivity index is 1.03. The maximum Gasteiger partial charge on any atom is 0.218 e. The molecule has 2 heterocycles. The van der Waals surface area contributed by atoms with Crippen LogP contribution in [-0.4, -0.2) is 46.8 Å². The molecule has 1 saturated heterocycles. The summed E-state index contributed by atoms with van der Waals surface area (Å²) in [4.78, 5) is 6.97. The number of nitrogens with one attached hydrogen (secondary N) is 2. The van der Waals surface area contributed by atoms with E-state index in [4.69, 9.17) is 17.0 Å². The van der Waals surface area contributed by atoms with E-state index in [1.807, 2.05) is 12.3 Å². The number of likely N-dealkylation sites (tertiary alicyclic amines) is 1. The van der Waals surface area contributed by atoms with Gasteiger partial charge in [0.2, 0.25) is 5.88 Å². The summed E-state index contributed by atoms with van der Waals surface area (Å²) >= 11 is 5.64. The van der Waals surface area contributed by atoms with Crippen molar-refractivity contribution < 1.29 is 4.74 Å². The first-order valence-electron chi connectivity index (χ1n) is 12.7. The molecule has 5 nitrogen and oxygen atoms in total. The first-order chi connectivity index (χ1) is 15.7. The minimum Gasteiger partial charge on any atom is -0.473 e. The van der Waals surface area contributed by atoms with Crippen molar-refractivity contribution in [2.45, 2.75) is 69.9 Å². The molecule has 2 N–H and O–H groups in total. The molecule has 0 spiro atoms. The van der Waals surface area contributed by atoms with Gasteiger partial charge < -0.3 is 15.4 Å². The molecule has 0 atom stereocenters. The van der Waals surface area contributed by atoms with Crippen LogP contribution in [0.5, 0.6) is 5.88 Å². The predicted octanol–water partition coefficient (Wildman–Crippen LogP) is 4.44. The topological polar surface area (TPSA) is 49.4 Å². The van der Waals surface area contributed by atoms with Crippen molar-refractivity contribution in [3.63, 3.8) is 0 Å². The molecule has 1 aromatic heterocycles. The number of piperidine rings is 1. The quantitative estimate of drug-likeness (QED) is 0.448. The molecule has 6 heteroatoms. The Morgan fingerprint density at radius 3 is 2.53 bits per heavy atom. The van der Waals surface area contributed by atoms with Crippen LogP contribution in [0, 0.1) is 17.8 Å². The highest BCUT2D eigenvalue weighted by atomic mass is 32.1. The number of rotatable bonds is 8. The first kappa shape index (κ1) is 22.1. The second-order valence-electron chi connectivity index (χ2n) is 10.6. The third-order valence-corrected chi connectivity index (χ3v) is 8.22. The molecule has 0 radical (unpaired) electrons. The highest BCUT2D eigenvalue weighted by molar-refractivity contribution is 7.80. The predicted molar refractivity (Wildman–Crippen MR) is 133 cm³/mol. The summed E-state index contributed by atoms with van der Waals surface area (Å²) in [5.41, 5.74) is 1.46. The van der Waals surface area contributed by atoms with E-state index in [0.29, 0.717) is 6.61 Å². The fourth-order valence-electron chi connectivity index (χ4n) is 7.01. The van der Waals surface area contributed by atoms with E-state index < -0.39 is 0 Å². The van der Waals surface area contributed by atoms with Gasteiger partial charge in [-0.2, -0.15) is 0 Å². The van der Waals surface area contributed by atoms with E-state index in [-0.39, 0.29) is 5.54 Å². The largest absolute Gasteiger partial charge is 0.473 e. The summed E-state index contributed by atoms with van der Waals surface area (Å²) in [5, 5.41) is 7.92. The molecular weight excluding hydrogens is 416 g/mol. The second-order valence-corrected chi connectivity index (χ2v) is 11.0. The molecule has 6 rings (SSSR count). The van der Waals surface area contributed by atoms with Crippen LogP contribution in [0.15, 0.2) is 30.5 Å². The molecule has 4 bridgehead atoms. The Labute approximate surface area is 198 Å². The lowest BCUT2D eigenvalue weighted by Crippen LogP contribution is -2.61. The van der Waals surface area contributed by atoms with Crippen LogP contribution in [-0.2, 0) is 6.54 Å². The standard InChI is InChI=1S/C26H38N4OS/c32-25(29-26-16-20-13-21(17-26)15-22(14-20)18-26)28-8-2-5-12-31-24-23(7-6-9-27-24)19-30-10-3-1-4-11-30/h2,5-7,9,20-22H,1,3-4,8,10-19H2,(H2,28,29,32)/b5-2-. The van der Waals surface area contributed by atoms with Crippen molar-refractivity contribution in [3.8, 4) is 5.88 Å². The van der Waals surface area contributed by atoms with Gasteiger partial charge in [-0.15, -0.1) is 0 Å². The Hall–Kier alpha value is -1.66. The molecule has 1 aliphatic heterocycles.